The fourth-order valence-corrected chi connectivity index (χ4v) is 2.82. The molecule has 0 aromatic heterocycles. The molecule has 110 valence electrons. The van der Waals surface area contributed by atoms with Gasteiger partial charge in [-0.25, -0.2) is 0 Å². The second-order valence-electron chi connectivity index (χ2n) is 5.86. The first-order valence-corrected chi connectivity index (χ1v) is 8.51. The summed E-state index contributed by atoms with van der Waals surface area (Å²) in [4.78, 5) is 0. The lowest BCUT2D eigenvalue weighted by atomic mass is 9.91. The number of unbranched alkanes of at least 4 members (excludes halogenated alkanes) is 8. The molecule has 0 spiro atoms. The first-order chi connectivity index (χ1) is 8.76. The molecule has 0 saturated carbocycles. The minimum Gasteiger partial charge on any atom is -0.327 e. The number of hydrogen-bond donors (Lipinski definition) is 1. The van der Waals surface area contributed by atoms with Gasteiger partial charge < -0.3 is 5.73 Å². The van der Waals surface area contributed by atoms with Crippen LogP contribution in [0, 0.1) is 5.92 Å². The Morgan fingerprint density at radius 2 is 1.11 bits per heavy atom. The average Bonchev–Trinajstić information content (AvgIpc) is 2.38. The smallest absolute Gasteiger partial charge is 0.00669 e. The van der Waals surface area contributed by atoms with Crippen molar-refractivity contribution in [2.45, 2.75) is 104 Å². The van der Waals surface area contributed by atoms with Crippen molar-refractivity contribution >= 4 is 0 Å². The highest BCUT2D eigenvalue weighted by atomic mass is 14.6. The summed E-state index contributed by atoms with van der Waals surface area (Å²) in [6.07, 6.45) is 16.4. The highest BCUT2D eigenvalue weighted by Crippen LogP contribution is 2.17. The lowest BCUT2D eigenvalue weighted by Crippen LogP contribution is -2.29. The first kappa shape index (κ1) is 18.0. The molecule has 2 N–H and O–H groups in total. The Hall–Kier alpha value is -0.0400. The highest BCUT2D eigenvalue weighted by molar-refractivity contribution is 4.70. The van der Waals surface area contributed by atoms with Gasteiger partial charge in [0.05, 0.1) is 0 Å². The Kier molecular flexibility index (Phi) is 13.4. The predicted octanol–water partition coefficient (Wildman–Crippen LogP) is 5.67. The lowest BCUT2D eigenvalue weighted by molar-refractivity contribution is 0.366. The molecular formula is C17H37N. The summed E-state index contributed by atoms with van der Waals surface area (Å²) < 4.78 is 0. The summed E-state index contributed by atoms with van der Waals surface area (Å²) in [7, 11) is 0. The second-order valence-corrected chi connectivity index (χ2v) is 5.86. The monoisotopic (exact) mass is 255 g/mol. The van der Waals surface area contributed by atoms with Crippen LogP contribution in [0.4, 0.5) is 0 Å². The largest absolute Gasteiger partial charge is 0.327 e. The van der Waals surface area contributed by atoms with Gasteiger partial charge in [0.1, 0.15) is 0 Å². The lowest BCUT2D eigenvalue weighted by Gasteiger charge is -2.20. The quantitative estimate of drug-likeness (QED) is 0.421. The van der Waals surface area contributed by atoms with Gasteiger partial charge in [0.25, 0.3) is 0 Å². The van der Waals surface area contributed by atoms with Crippen LogP contribution in [0.15, 0.2) is 0 Å². The van der Waals surface area contributed by atoms with Gasteiger partial charge in [-0.05, 0) is 12.3 Å². The normalized spacial score (nSPS) is 13.2. The molecule has 0 aromatic carbocycles. The molecule has 1 heteroatoms. The third-order valence-electron chi connectivity index (χ3n) is 4.30. The van der Waals surface area contributed by atoms with Crippen molar-refractivity contribution < 1.29 is 0 Å². The molecule has 1 unspecified atom stereocenters. The SMILES string of the molecule is CCCCCCCCCCCC(N)C(CC)CC. The molecule has 0 aliphatic carbocycles. The zero-order chi connectivity index (χ0) is 13.6. The van der Waals surface area contributed by atoms with Crippen LogP contribution >= 0.6 is 0 Å². The number of nitrogens with two attached hydrogens (primary N) is 1. The van der Waals surface area contributed by atoms with Gasteiger partial charge in [0.2, 0.25) is 0 Å². The molecule has 0 amide bonds. The van der Waals surface area contributed by atoms with E-state index >= 15 is 0 Å². The van der Waals surface area contributed by atoms with Crippen molar-refractivity contribution in [1.82, 2.24) is 0 Å². The molecule has 0 aromatic rings. The van der Waals surface area contributed by atoms with E-state index in [4.69, 9.17) is 5.73 Å². The third kappa shape index (κ3) is 9.94. The zero-order valence-electron chi connectivity index (χ0n) is 13.2. The van der Waals surface area contributed by atoms with Crippen molar-refractivity contribution in [3.63, 3.8) is 0 Å². The van der Waals surface area contributed by atoms with E-state index in [2.05, 4.69) is 20.8 Å². The molecule has 1 atom stereocenters. The first-order valence-electron chi connectivity index (χ1n) is 8.51. The molecule has 0 aliphatic rings. The van der Waals surface area contributed by atoms with Crippen LogP contribution in [0.25, 0.3) is 0 Å². The van der Waals surface area contributed by atoms with Crippen LogP contribution in [0.5, 0.6) is 0 Å². The molecule has 0 bridgehead atoms. The Bertz CT molecular complexity index is 152. The highest BCUT2D eigenvalue weighted by Gasteiger charge is 2.12. The topological polar surface area (TPSA) is 26.0 Å². The maximum absolute atomic E-state index is 6.23. The van der Waals surface area contributed by atoms with Crippen LogP contribution in [-0.4, -0.2) is 6.04 Å². The van der Waals surface area contributed by atoms with E-state index in [1.54, 1.807) is 0 Å². The van der Waals surface area contributed by atoms with Crippen LogP contribution < -0.4 is 5.73 Å². The second kappa shape index (κ2) is 13.4. The Morgan fingerprint density at radius 3 is 1.56 bits per heavy atom. The number of hydrogen-bond acceptors (Lipinski definition) is 1. The molecule has 0 radical (unpaired) electrons. The third-order valence-corrected chi connectivity index (χ3v) is 4.30. The fourth-order valence-electron chi connectivity index (χ4n) is 2.82. The van der Waals surface area contributed by atoms with Crippen molar-refractivity contribution in [3.8, 4) is 0 Å². The zero-order valence-corrected chi connectivity index (χ0v) is 13.2. The van der Waals surface area contributed by atoms with Crippen LogP contribution in [0.3, 0.4) is 0 Å². The van der Waals surface area contributed by atoms with E-state index in [0.29, 0.717) is 6.04 Å². The van der Waals surface area contributed by atoms with Crippen molar-refractivity contribution in [3.05, 3.63) is 0 Å². The molecule has 0 aliphatic heterocycles. The van der Waals surface area contributed by atoms with Gasteiger partial charge in [0, 0.05) is 6.04 Å². The Morgan fingerprint density at radius 1 is 0.667 bits per heavy atom. The number of rotatable bonds is 13. The van der Waals surface area contributed by atoms with E-state index in [1.807, 2.05) is 0 Å². The van der Waals surface area contributed by atoms with Gasteiger partial charge in [-0.2, -0.15) is 0 Å². The van der Waals surface area contributed by atoms with Gasteiger partial charge in [-0.1, -0.05) is 91.4 Å². The van der Waals surface area contributed by atoms with Crippen molar-refractivity contribution in [2.75, 3.05) is 0 Å². The summed E-state index contributed by atoms with van der Waals surface area (Å²) in [6.45, 7) is 6.82. The van der Waals surface area contributed by atoms with Gasteiger partial charge in [0.15, 0.2) is 0 Å². The molecule has 0 saturated heterocycles. The van der Waals surface area contributed by atoms with Crippen LogP contribution in [0.2, 0.25) is 0 Å². The Balaban J connectivity index is 3.24. The summed E-state index contributed by atoms with van der Waals surface area (Å²) in [5.74, 6) is 0.749. The van der Waals surface area contributed by atoms with E-state index in [1.165, 1.54) is 77.0 Å². The molecular weight excluding hydrogens is 218 g/mol. The minimum atomic E-state index is 0.449. The van der Waals surface area contributed by atoms with E-state index in [9.17, 15) is 0 Å². The van der Waals surface area contributed by atoms with E-state index in [-0.39, 0.29) is 0 Å². The molecule has 1 nitrogen and oxygen atoms in total. The predicted molar refractivity (Wildman–Crippen MR) is 83.9 cm³/mol. The summed E-state index contributed by atoms with van der Waals surface area (Å²) >= 11 is 0. The van der Waals surface area contributed by atoms with Crippen molar-refractivity contribution in [1.29, 1.82) is 0 Å². The summed E-state index contributed by atoms with van der Waals surface area (Å²) in [5.41, 5.74) is 6.23. The summed E-state index contributed by atoms with van der Waals surface area (Å²) in [6, 6.07) is 0.449. The average molecular weight is 255 g/mol. The maximum atomic E-state index is 6.23. The standard InChI is InChI=1S/C17H37N/c1-4-7-8-9-10-11-12-13-14-15-17(18)16(5-2)6-3/h16-17H,4-15,18H2,1-3H3. The van der Waals surface area contributed by atoms with Crippen molar-refractivity contribution in [2.24, 2.45) is 11.7 Å². The van der Waals surface area contributed by atoms with E-state index < -0.39 is 0 Å². The molecule has 0 fully saturated rings. The van der Waals surface area contributed by atoms with Crippen LogP contribution in [-0.2, 0) is 0 Å². The maximum Gasteiger partial charge on any atom is 0.00669 e. The van der Waals surface area contributed by atoms with Crippen LogP contribution in [0.1, 0.15) is 97.8 Å². The van der Waals surface area contributed by atoms with E-state index in [0.717, 1.165) is 5.92 Å². The molecule has 0 rings (SSSR count). The van der Waals surface area contributed by atoms with Gasteiger partial charge >= 0.3 is 0 Å². The minimum absolute atomic E-state index is 0.449. The van der Waals surface area contributed by atoms with Gasteiger partial charge in [-0.15, -0.1) is 0 Å². The van der Waals surface area contributed by atoms with Gasteiger partial charge in [-0.3, -0.25) is 0 Å². The fraction of sp³-hybridized carbons (Fsp3) is 1.00. The Labute approximate surface area is 116 Å². The summed E-state index contributed by atoms with van der Waals surface area (Å²) in [5, 5.41) is 0. The molecule has 0 heterocycles. The molecule has 18 heavy (non-hydrogen) atoms.